The third-order valence-corrected chi connectivity index (χ3v) is 1.69. The highest BCUT2D eigenvalue weighted by Gasteiger charge is 2.14. The maximum absolute atomic E-state index is 10.6. The van der Waals surface area contributed by atoms with Crippen LogP contribution in [0.15, 0.2) is 12.3 Å². The van der Waals surface area contributed by atoms with Gasteiger partial charge in [0.2, 0.25) is 5.75 Å². The molecule has 0 radical (unpaired) electrons. The number of carbonyl (C=O) groups excluding carboxylic acids is 1. The molecule has 0 unspecified atom stereocenters. The van der Waals surface area contributed by atoms with E-state index in [2.05, 4.69) is 9.87 Å². The number of pyridine rings is 1. The van der Waals surface area contributed by atoms with E-state index in [0.717, 1.165) is 0 Å². The molecule has 0 spiro atoms. The van der Waals surface area contributed by atoms with E-state index in [9.17, 15) is 4.79 Å². The zero-order chi connectivity index (χ0) is 12.0. The van der Waals surface area contributed by atoms with Gasteiger partial charge in [-0.15, -0.1) is 0 Å². The molecule has 6 nitrogen and oxygen atoms in total. The van der Waals surface area contributed by atoms with Gasteiger partial charge in [-0.05, 0) is 0 Å². The third-order valence-electron chi connectivity index (χ3n) is 1.69. The van der Waals surface area contributed by atoms with Crippen LogP contribution in [0.1, 0.15) is 12.6 Å². The second kappa shape index (κ2) is 5.92. The summed E-state index contributed by atoms with van der Waals surface area (Å²) in [5.74, 6) is 0.0969. The minimum Gasteiger partial charge on any atom is -0.493 e. The van der Waals surface area contributed by atoms with Crippen LogP contribution in [-0.2, 0) is 21.0 Å². The van der Waals surface area contributed by atoms with Crippen LogP contribution in [-0.4, -0.2) is 25.2 Å². The number of aromatic nitrogens is 1. The quantitative estimate of drug-likeness (QED) is 0.554. The molecule has 0 fully saturated rings. The van der Waals surface area contributed by atoms with Gasteiger partial charge in [0.05, 0.1) is 13.7 Å². The number of methoxy groups -OCH3 is 2. The first-order valence-electron chi connectivity index (χ1n) is 4.55. The minimum absolute atomic E-state index is 0.230. The highest BCUT2D eigenvalue weighted by Crippen LogP contribution is 2.29. The summed E-state index contributed by atoms with van der Waals surface area (Å²) in [5.41, 5.74) is 0.489. The lowest BCUT2D eigenvalue weighted by Crippen LogP contribution is -2.07. The van der Waals surface area contributed by atoms with Crippen LogP contribution in [0.3, 0.4) is 0 Å². The number of rotatable bonds is 5. The molecule has 1 rings (SSSR count). The van der Waals surface area contributed by atoms with Crippen molar-refractivity contribution in [2.45, 2.75) is 13.5 Å². The molecule has 16 heavy (non-hydrogen) atoms. The van der Waals surface area contributed by atoms with E-state index in [0.29, 0.717) is 11.4 Å². The smallest absolute Gasteiger partial charge is 0.352 e. The van der Waals surface area contributed by atoms with Crippen molar-refractivity contribution >= 4 is 5.97 Å². The van der Waals surface area contributed by atoms with E-state index in [-0.39, 0.29) is 12.4 Å². The first-order chi connectivity index (χ1) is 7.69. The van der Waals surface area contributed by atoms with Crippen molar-refractivity contribution in [3.8, 4) is 11.5 Å². The Morgan fingerprint density at radius 1 is 1.44 bits per heavy atom. The Labute approximate surface area is 93.0 Å². The SMILES string of the molecule is COCc1nccc(OC)c1OOC(C)=O. The molecule has 0 N–H and O–H groups in total. The average Bonchev–Trinajstić information content (AvgIpc) is 2.27. The lowest BCUT2D eigenvalue weighted by atomic mass is 10.3. The van der Waals surface area contributed by atoms with Gasteiger partial charge in [-0.25, -0.2) is 4.79 Å². The Morgan fingerprint density at radius 2 is 2.19 bits per heavy atom. The van der Waals surface area contributed by atoms with Crippen LogP contribution >= 0.6 is 0 Å². The van der Waals surface area contributed by atoms with Gasteiger partial charge in [-0.2, -0.15) is 0 Å². The topological polar surface area (TPSA) is 66.9 Å². The summed E-state index contributed by atoms with van der Waals surface area (Å²) < 4.78 is 9.99. The van der Waals surface area contributed by atoms with E-state index in [1.54, 1.807) is 12.3 Å². The molecule has 0 aliphatic rings. The molecule has 0 aromatic carbocycles. The Kier molecular flexibility index (Phi) is 4.53. The van der Waals surface area contributed by atoms with Crippen molar-refractivity contribution in [1.82, 2.24) is 4.98 Å². The minimum atomic E-state index is -0.561. The molecular weight excluding hydrogens is 214 g/mol. The van der Waals surface area contributed by atoms with Crippen LogP contribution < -0.4 is 9.62 Å². The molecule has 88 valence electrons. The highest BCUT2D eigenvalue weighted by molar-refractivity contribution is 5.65. The zero-order valence-electron chi connectivity index (χ0n) is 9.35. The summed E-state index contributed by atoms with van der Waals surface area (Å²) in [6, 6.07) is 1.60. The van der Waals surface area contributed by atoms with Gasteiger partial charge < -0.3 is 9.47 Å². The molecular formula is C10H13NO5. The van der Waals surface area contributed by atoms with Crippen molar-refractivity contribution in [3.63, 3.8) is 0 Å². The maximum atomic E-state index is 10.6. The maximum Gasteiger partial charge on any atom is 0.352 e. The first-order valence-corrected chi connectivity index (χ1v) is 4.55. The highest BCUT2D eigenvalue weighted by atomic mass is 17.2. The lowest BCUT2D eigenvalue weighted by Gasteiger charge is -2.10. The van der Waals surface area contributed by atoms with Crippen molar-refractivity contribution in [2.24, 2.45) is 0 Å². The van der Waals surface area contributed by atoms with Gasteiger partial charge in [0.25, 0.3) is 0 Å². The van der Waals surface area contributed by atoms with Crippen molar-refractivity contribution in [3.05, 3.63) is 18.0 Å². The van der Waals surface area contributed by atoms with Crippen molar-refractivity contribution in [2.75, 3.05) is 14.2 Å². The largest absolute Gasteiger partial charge is 0.493 e. The summed E-state index contributed by atoms with van der Waals surface area (Å²) >= 11 is 0. The predicted octanol–water partition coefficient (Wildman–Crippen LogP) is 1.09. The molecule has 0 saturated heterocycles. The second-order valence-electron chi connectivity index (χ2n) is 2.88. The summed E-state index contributed by atoms with van der Waals surface area (Å²) in [4.78, 5) is 24.0. The van der Waals surface area contributed by atoms with Gasteiger partial charge in [-0.3, -0.25) is 14.8 Å². The fraction of sp³-hybridized carbons (Fsp3) is 0.400. The standard InChI is InChI=1S/C10H13NO5/c1-7(12)15-16-10-8(6-13-2)11-5-4-9(10)14-3/h4-5H,6H2,1-3H3. The zero-order valence-corrected chi connectivity index (χ0v) is 9.35. The summed E-state index contributed by atoms with van der Waals surface area (Å²) in [7, 11) is 3.00. The molecule has 1 aromatic rings. The van der Waals surface area contributed by atoms with Crippen LogP contribution in [0.25, 0.3) is 0 Å². The fourth-order valence-corrected chi connectivity index (χ4v) is 1.06. The Bertz CT molecular complexity index is 366. The Balaban J connectivity index is 2.94. The average molecular weight is 227 g/mol. The van der Waals surface area contributed by atoms with E-state index < -0.39 is 5.97 Å². The molecule has 0 bridgehead atoms. The van der Waals surface area contributed by atoms with Crippen LogP contribution in [0, 0.1) is 0 Å². The molecule has 0 aliphatic carbocycles. The number of hydrogen-bond donors (Lipinski definition) is 0. The Morgan fingerprint density at radius 3 is 2.75 bits per heavy atom. The van der Waals surface area contributed by atoms with E-state index in [1.165, 1.54) is 21.1 Å². The van der Waals surface area contributed by atoms with E-state index >= 15 is 0 Å². The molecule has 0 saturated carbocycles. The molecule has 6 heteroatoms. The van der Waals surface area contributed by atoms with Gasteiger partial charge >= 0.3 is 5.97 Å². The van der Waals surface area contributed by atoms with Crippen LogP contribution in [0.2, 0.25) is 0 Å². The summed E-state index contributed by atoms with van der Waals surface area (Å²) in [5, 5.41) is 0. The van der Waals surface area contributed by atoms with E-state index in [1.807, 2.05) is 0 Å². The number of nitrogens with zero attached hydrogens (tertiary/aromatic N) is 1. The first kappa shape index (κ1) is 12.3. The van der Waals surface area contributed by atoms with Gasteiger partial charge in [0.15, 0.2) is 5.75 Å². The van der Waals surface area contributed by atoms with Crippen molar-refractivity contribution in [1.29, 1.82) is 0 Å². The summed E-state index contributed by atoms with van der Waals surface area (Å²) in [6.07, 6.45) is 1.55. The van der Waals surface area contributed by atoms with Crippen LogP contribution in [0.5, 0.6) is 11.5 Å². The summed E-state index contributed by atoms with van der Waals surface area (Å²) in [6.45, 7) is 1.46. The number of ether oxygens (including phenoxy) is 2. The van der Waals surface area contributed by atoms with E-state index in [4.69, 9.17) is 14.4 Å². The normalized spacial score (nSPS) is 9.69. The number of hydrogen-bond acceptors (Lipinski definition) is 6. The Hall–Kier alpha value is -1.82. The predicted molar refractivity (Wildman–Crippen MR) is 53.9 cm³/mol. The van der Waals surface area contributed by atoms with Gasteiger partial charge in [-0.1, -0.05) is 0 Å². The fourth-order valence-electron chi connectivity index (χ4n) is 1.06. The molecule has 0 aliphatic heterocycles. The molecule has 1 aromatic heterocycles. The lowest BCUT2D eigenvalue weighted by molar-refractivity contribution is -0.211. The second-order valence-corrected chi connectivity index (χ2v) is 2.88. The third kappa shape index (κ3) is 3.09. The van der Waals surface area contributed by atoms with Gasteiger partial charge in [0.1, 0.15) is 5.69 Å². The van der Waals surface area contributed by atoms with Crippen molar-refractivity contribution < 1.29 is 24.0 Å². The van der Waals surface area contributed by atoms with Gasteiger partial charge in [0, 0.05) is 26.3 Å². The molecule has 0 atom stereocenters. The monoisotopic (exact) mass is 227 g/mol. The molecule has 0 amide bonds. The number of carbonyl (C=O) groups is 1. The molecule has 1 heterocycles. The van der Waals surface area contributed by atoms with Crippen LogP contribution in [0.4, 0.5) is 0 Å².